The number of aromatic nitrogens is 2. The van der Waals surface area contributed by atoms with Crippen LogP contribution in [0.2, 0.25) is 5.02 Å². The number of hydrogen-bond acceptors (Lipinski definition) is 9. The van der Waals surface area contributed by atoms with Crippen molar-refractivity contribution >= 4 is 40.9 Å². The highest BCUT2D eigenvalue weighted by molar-refractivity contribution is 6.34. The van der Waals surface area contributed by atoms with Gasteiger partial charge in [0.2, 0.25) is 5.95 Å². The van der Waals surface area contributed by atoms with Gasteiger partial charge in [0.05, 0.1) is 40.3 Å². The Morgan fingerprint density at radius 2 is 1.91 bits per heavy atom. The Morgan fingerprint density at radius 1 is 1.18 bits per heavy atom. The lowest BCUT2D eigenvalue weighted by Gasteiger charge is -2.26. The molecule has 0 saturated carbocycles. The number of rotatable bonds is 6. The van der Waals surface area contributed by atoms with Crippen LogP contribution in [-0.4, -0.2) is 60.5 Å². The summed E-state index contributed by atoms with van der Waals surface area (Å²) in [6.07, 6.45) is 2.60. The Morgan fingerprint density at radius 3 is 2.58 bits per heavy atom. The number of carbonyl (C=O) groups is 2. The van der Waals surface area contributed by atoms with Crippen LogP contribution in [0.1, 0.15) is 68.9 Å². The summed E-state index contributed by atoms with van der Waals surface area (Å²) in [5, 5.41) is 16.5. The molecule has 3 heterocycles. The minimum absolute atomic E-state index is 0.0222. The minimum atomic E-state index is -0.675. The molecule has 2 amide bonds. The quantitative estimate of drug-likeness (QED) is 0.318. The van der Waals surface area contributed by atoms with E-state index in [4.69, 9.17) is 30.8 Å². The average Bonchev–Trinajstić information content (AvgIpc) is 3.27. The summed E-state index contributed by atoms with van der Waals surface area (Å²) < 4.78 is 16.6. The minimum Gasteiger partial charge on any atom is -0.495 e. The van der Waals surface area contributed by atoms with Crippen LogP contribution in [0, 0.1) is 11.3 Å². The molecular formula is C33H37ClN6O5. The normalized spacial score (nSPS) is 16.0. The van der Waals surface area contributed by atoms with Crippen molar-refractivity contribution in [2.45, 2.75) is 64.5 Å². The van der Waals surface area contributed by atoms with Crippen molar-refractivity contribution < 1.29 is 23.8 Å². The molecule has 1 saturated heterocycles. The number of nitriles is 1. The zero-order chi connectivity index (χ0) is 32.5. The third-order valence-corrected chi connectivity index (χ3v) is 8.00. The predicted octanol–water partition coefficient (Wildman–Crippen LogP) is 6.36. The van der Waals surface area contributed by atoms with Crippen LogP contribution < -0.4 is 20.3 Å². The van der Waals surface area contributed by atoms with E-state index in [-0.39, 0.29) is 22.9 Å². The molecule has 0 spiro atoms. The number of hydrogen-bond donors (Lipinski definition) is 2. The summed E-state index contributed by atoms with van der Waals surface area (Å²) in [6, 6.07) is 10.9. The molecule has 236 valence electrons. The molecule has 1 fully saturated rings. The SMILES string of the molecule is COc1cc(C(=O)NC2CCOCC2)c(Cl)cc1Nc1nccc(-c2cc(C#N)c3c(c2)C(C)(C)CN3C(=O)OC(C)(C)C)n1. The monoisotopic (exact) mass is 632 g/mol. The molecule has 0 atom stereocenters. The summed E-state index contributed by atoms with van der Waals surface area (Å²) >= 11 is 6.56. The Bertz CT molecular complexity index is 1670. The van der Waals surface area contributed by atoms with Gasteiger partial charge in [0.1, 0.15) is 17.4 Å². The van der Waals surface area contributed by atoms with E-state index in [2.05, 4.69) is 21.7 Å². The summed E-state index contributed by atoms with van der Waals surface area (Å²) in [5.74, 6) is 0.363. The van der Waals surface area contributed by atoms with Gasteiger partial charge in [0.15, 0.2) is 0 Å². The molecule has 2 aliphatic rings. The number of nitrogens with zero attached hydrogens (tertiary/aromatic N) is 4. The van der Waals surface area contributed by atoms with Crippen LogP contribution in [0.25, 0.3) is 11.3 Å². The first kappa shape index (κ1) is 32.0. The number of amides is 2. The summed E-state index contributed by atoms with van der Waals surface area (Å²) in [5.41, 5.74) is 2.66. The largest absolute Gasteiger partial charge is 0.495 e. The van der Waals surface area contributed by atoms with Crippen molar-refractivity contribution in [1.29, 1.82) is 5.26 Å². The molecule has 0 bridgehead atoms. The van der Waals surface area contributed by atoms with Gasteiger partial charge < -0.3 is 24.8 Å². The third-order valence-electron chi connectivity index (χ3n) is 7.68. The van der Waals surface area contributed by atoms with Gasteiger partial charge in [-0.2, -0.15) is 5.26 Å². The highest BCUT2D eigenvalue weighted by Gasteiger charge is 2.42. The Labute approximate surface area is 267 Å². The molecule has 0 aliphatic carbocycles. The van der Waals surface area contributed by atoms with Gasteiger partial charge in [-0.05, 0) is 69.5 Å². The van der Waals surface area contributed by atoms with E-state index in [1.54, 1.807) is 35.4 Å². The van der Waals surface area contributed by atoms with Crippen LogP contribution in [0.5, 0.6) is 5.75 Å². The zero-order valence-electron chi connectivity index (χ0n) is 26.3. The zero-order valence-corrected chi connectivity index (χ0v) is 27.0. The molecule has 0 radical (unpaired) electrons. The molecule has 45 heavy (non-hydrogen) atoms. The highest BCUT2D eigenvalue weighted by atomic mass is 35.5. The Hall–Kier alpha value is -4.40. The molecule has 2 N–H and O–H groups in total. The number of benzene rings is 2. The molecule has 2 aromatic carbocycles. The number of nitrogens with one attached hydrogen (secondary N) is 2. The number of halogens is 1. The van der Waals surface area contributed by atoms with Gasteiger partial charge in [-0.15, -0.1) is 0 Å². The molecule has 2 aliphatic heterocycles. The maximum Gasteiger partial charge on any atom is 0.414 e. The molecule has 0 unspecified atom stereocenters. The standard InChI is InChI=1S/C33H37ClN6O5/c1-32(2,3)45-31(42)40-18-33(4,5)23-14-19(13-20(17-35)28(23)40)25-7-10-36-30(38-25)39-26-16-24(34)22(15-27(26)43-6)29(41)37-21-8-11-44-12-9-21/h7,10,13-16,21H,8-9,11-12,18H2,1-6H3,(H,37,41)(H,36,38,39). The van der Waals surface area contributed by atoms with Crippen molar-refractivity contribution in [3.63, 3.8) is 0 Å². The van der Waals surface area contributed by atoms with Gasteiger partial charge in [0, 0.05) is 43.0 Å². The second-order valence-electron chi connectivity index (χ2n) is 12.8. The van der Waals surface area contributed by atoms with E-state index in [1.165, 1.54) is 7.11 Å². The highest BCUT2D eigenvalue weighted by Crippen LogP contribution is 2.45. The number of carbonyl (C=O) groups excluding carboxylic acids is 2. The van der Waals surface area contributed by atoms with E-state index in [9.17, 15) is 14.9 Å². The molecule has 11 nitrogen and oxygen atoms in total. The summed E-state index contributed by atoms with van der Waals surface area (Å²) in [7, 11) is 1.50. The second-order valence-corrected chi connectivity index (χ2v) is 13.2. The lowest BCUT2D eigenvalue weighted by Crippen LogP contribution is -2.39. The van der Waals surface area contributed by atoms with Crippen LogP contribution in [0.4, 0.5) is 22.1 Å². The smallest absolute Gasteiger partial charge is 0.414 e. The van der Waals surface area contributed by atoms with E-state index in [0.29, 0.717) is 59.3 Å². The molecule has 12 heteroatoms. The number of anilines is 3. The van der Waals surface area contributed by atoms with E-state index >= 15 is 0 Å². The van der Waals surface area contributed by atoms with Gasteiger partial charge >= 0.3 is 6.09 Å². The molecule has 1 aromatic heterocycles. The number of methoxy groups -OCH3 is 1. The van der Waals surface area contributed by atoms with E-state index in [0.717, 1.165) is 18.4 Å². The average molecular weight is 633 g/mol. The molecule has 5 rings (SSSR count). The number of fused-ring (bicyclic) bond motifs is 1. The van der Waals surface area contributed by atoms with Gasteiger partial charge in [-0.3, -0.25) is 9.69 Å². The first-order valence-corrected chi connectivity index (χ1v) is 15.1. The molecule has 3 aromatic rings. The van der Waals surface area contributed by atoms with Crippen molar-refractivity contribution in [2.75, 3.05) is 37.1 Å². The summed E-state index contributed by atoms with van der Waals surface area (Å²) in [4.78, 5) is 36.7. The van der Waals surface area contributed by atoms with E-state index in [1.807, 2.05) is 40.7 Å². The van der Waals surface area contributed by atoms with Crippen LogP contribution in [0.15, 0.2) is 36.5 Å². The first-order valence-electron chi connectivity index (χ1n) is 14.8. The van der Waals surface area contributed by atoms with Crippen molar-refractivity contribution in [2.24, 2.45) is 0 Å². The lowest BCUT2D eigenvalue weighted by atomic mass is 9.85. The van der Waals surface area contributed by atoms with E-state index < -0.39 is 17.1 Å². The lowest BCUT2D eigenvalue weighted by molar-refractivity contribution is 0.0578. The van der Waals surface area contributed by atoms with Crippen LogP contribution >= 0.6 is 11.6 Å². The second kappa shape index (κ2) is 12.5. The van der Waals surface area contributed by atoms with Crippen molar-refractivity contribution in [3.05, 3.63) is 58.2 Å². The summed E-state index contributed by atoms with van der Waals surface area (Å²) in [6.45, 7) is 11.1. The number of ether oxygens (including phenoxy) is 3. The Balaban J connectivity index is 1.43. The Kier molecular flexibility index (Phi) is 8.92. The first-order chi connectivity index (χ1) is 21.3. The fourth-order valence-corrected chi connectivity index (χ4v) is 5.76. The van der Waals surface area contributed by atoms with Gasteiger partial charge in [-0.25, -0.2) is 14.8 Å². The maximum atomic E-state index is 13.1. The van der Waals surface area contributed by atoms with Crippen LogP contribution in [-0.2, 0) is 14.9 Å². The third kappa shape index (κ3) is 6.97. The fraction of sp³-hybridized carbons (Fsp3) is 0.424. The fourth-order valence-electron chi connectivity index (χ4n) is 5.51. The van der Waals surface area contributed by atoms with Crippen molar-refractivity contribution in [3.8, 4) is 23.1 Å². The van der Waals surface area contributed by atoms with Gasteiger partial charge in [-0.1, -0.05) is 25.4 Å². The topological polar surface area (TPSA) is 139 Å². The van der Waals surface area contributed by atoms with Crippen LogP contribution in [0.3, 0.4) is 0 Å². The van der Waals surface area contributed by atoms with Crippen molar-refractivity contribution in [1.82, 2.24) is 15.3 Å². The maximum absolute atomic E-state index is 13.1. The molecular weight excluding hydrogens is 596 g/mol. The van der Waals surface area contributed by atoms with Gasteiger partial charge in [0.25, 0.3) is 5.91 Å². The predicted molar refractivity (Wildman–Crippen MR) is 171 cm³/mol.